The number of likely N-dealkylation sites (N-methyl/N-ethyl adjacent to an activating group) is 1. The second-order valence-corrected chi connectivity index (χ2v) is 4.90. The minimum Gasteiger partial charge on any atom is -0.315 e. The van der Waals surface area contributed by atoms with Crippen LogP contribution in [0.3, 0.4) is 0 Å². The van der Waals surface area contributed by atoms with E-state index in [4.69, 9.17) is 5.26 Å². The van der Waals surface area contributed by atoms with Gasteiger partial charge in [0.25, 0.3) is 0 Å². The van der Waals surface area contributed by atoms with Gasteiger partial charge in [0.1, 0.15) is 0 Å². The normalized spacial score (nSPS) is 29.1. The third-order valence-corrected chi connectivity index (χ3v) is 3.65. The fraction of sp³-hybridized carbons (Fsp3) is 0.909. The minimum atomic E-state index is 0.367. The molecule has 0 aromatic heterocycles. The largest absolute Gasteiger partial charge is 0.315 e. The van der Waals surface area contributed by atoms with E-state index in [0.29, 0.717) is 11.5 Å². The summed E-state index contributed by atoms with van der Waals surface area (Å²) in [7, 11) is 2.20. The number of hydrogen-bond acceptors (Lipinski definition) is 3. The maximum absolute atomic E-state index is 8.74. The van der Waals surface area contributed by atoms with Gasteiger partial charge < -0.3 is 10.2 Å². The van der Waals surface area contributed by atoms with Gasteiger partial charge in [0.15, 0.2) is 0 Å². The summed E-state index contributed by atoms with van der Waals surface area (Å²) in [6.07, 6.45) is 4.52. The van der Waals surface area contributed by atoms with Crippen LogP contribution in [0.2, 0.25) is 0 Å². The van der Waals surface area contributed by atoms with Gasteiger partial charge >= 0.3 is 0 Å². The number of nitrogens with one attached hydrogen (secondary N) is 1. The van der Waals surface area contributed by atoms with Crippen molar-refractivity contribution in [2.45, 2.75) is 31.7 Å². The van der Waals surface area contributed by atoms with Crippen LogP contribution < -0.4 is 5.32 Å². The van der Waals surface area contributed by atoms with Gasteiger partial charge in [0.05, 0.1) is 6.07 Å². The molecule has 0 bridgehead atoms. The number of nitriles is 1. The fourth-order valence-corrected chi connectivity index (χ4v) is 2.41. The van der Waals surface area contributed by atoms with Gasteiger partial charge in [0.2, 0.25) is 0 Å². The van der Waals surface area contributed by atoms with Gasteiger partial charge in [-0.2, -0.15) is 5.26 Å². The lowest BCUT2D eigenvalue weighted by molar-refractivity contribution is 0.208. The van der Waals surface area contributed by atoms with Crippen LogP contribution in [0.5, 0.6) is 0 Å². The van der Waals surface area contributed by atoms with Crippen LogP contribution in [0, 0.1) is 16.7 Å². The van der Waals surface area contributed by atoms with E-state index in [-0.39, 0.29) is 0 Å². The van der Waals surface area contributed by atoms with Crippen LogP contribution in [-0.2, 0) is 0 Å². The summed E-state index contributed by atoms with van der Waals surface area (Å²) >= 11 is 0. The zero-order valence-corrected chi connectivity index (χ0v) is 8.92. The quantitative estimate of drug-likeness (QED) is 0.723. The van der Waals surface area contributed by atoms with Crippen molar-refractivity contribution in [3.63, 3.8) is 0 Å². The van der Waals surface area contributed by atoms with Gasteiger partial charge in [-0.05, 0) is 38.3 Å². The first-order valence-corrected chi connectivity index (χ1v) is 5.54. The Morgan fingerprint density at radius 2 is 2.36 bits per heavy atom. The molecule has 1 unspecified atom stereocenters. The Labute approximate surface area is 86.1 Å². The van der Waals surface area contributed by atoms with E-state index in [2.05, 4.69) is 23.3 Å². The van der Waals surface area contributed by atoms with Crippen molar-refractivity contribution in [2.75, 3.05) is 26.7 Å². The van der Waals surface area contributed by atoms with Gasteiger partial charge in [0, 0.05) is 25.6 Å². The maximum Gasteiger partial charge on any atom is 0.0628 e. The standard InChI is InChI=1S/C11H19N3/c1-14(10-2-7-13-8-10)9-11(3-4-11)5-6-12/h10,13H,2-5,7-9H2,1H3. The highest BCUT2D eigenvalue weighted by Crippen LogP contribution is 2.49. The molecule has 0 radical (unpaired) electrons. The first-order chi connectivity index (χ1) is 6.76. The van der Waals surface area contributed by atoms with E-state index >= 15 is 0 Å². The highest BCUT2D eigenvalue weighted by Gasteiger charge is 2.43. The Bertz CT molecular complexity index is 233. The summed E-state index contributed by atoms with van der Waals surface area (Å²) in [4.78, 5) is 2.45. The molecule has 0 amide bonds. The van der Waals surface area contributed by atoms with Crippen LogP contribution in [0.25, 0.3) is 0 Å². The number of nitrogens with zero attached hydrogens (tertiary/aromatic N) is 2. The summed E-state index contributed by atoms with van der Waals surface area (Å²) in [5.41, 5.74) is 0.367. The average molecular weight is 193 g/mol. The number of rotatable bonds is 4. The van der Waals surface area contributed by atoms with Crippen LogP contribution in [0.15, 0.2) is 0 Å². The van der Waals surface area contributed by atoms with Crippen molar-refractivity contribution in [1.82, 2.24) is 10.2 Å². The smallest absolute Gasteiger partial charge is 0.0628 e. The summed E-state index contributed by atoms with van der Waals surface area (Å²) in [5, 5.41) is 12.1. The molecule has 1 atom stereocenters. The van der Waals surface area contributed by atoms with Crippen molar-refractivity contribution >= 4 is 0 Å². The molecule has 3 nitrogen and oxygen atoms in total. The Balaban J connectivity index is 1.82. The highest BCUT2D eigenvalue weighted by molar-refractivity contribution is 5.01. The molecule has 14 heavy (non-hydrogen) atoms. The molecule has 2 rings (SSSR count). The third-order valence-electron chi connectivity index (χ3n) is 3.65. The molecule has 2 aliphatic rings. The van der Waals surface area contributed by atoms with Crippen molar-refractivity contribution in [3.8, 4) is 6.07 Å². The van der Waals surface area contributed by atoms with E-state index in [0.717, 1.165) is 26.1 Å². The molecular weight excluding hydrogens is 174 g/mol. The summed E-state index contributed by atoms with van der Waals surface area (Å²) in [6, 6.07) is 3.02. The molecule has 0 aromatic carbocycles. The van der Waals surface area contributed by atoms with Crippen LogP contribution in [0.4, 0.5) is 0 Å². The average Bonchev–Trinajstić information content (AvgIpc) is 2.70. The van der Waals surface area contributed by atoms with Crippen molar-refractivity contribution in [2.24, 2.45) is 5.41 Å². The Morgan fingerprint density at radius 3 is 2.86 bits per heavy atom. The van der Waals surface area contributed by atoms with Gasteiger partial charge in [-0.1, -0.05) is 0 Å². The zero-order valence-electron chi connectivity index (χ0n) is 8.92. The first-order valence-electron chi connectivity index (χ1n) is 5.54. The van der Waals surface area contributed by atoms with Gasteiger partial charge in [-0.15, -0.1) is 0 Å². The lowest BCUT2D eigenvalue weighted by Crippen LogP contribution is -2.37. The molecule has 0 aromatic rings. The third kappa shape index (κ3) is 2.08. The lowest BCUT2D eigenvalue weighted by atomic mass is 10.0. The van der Waals surface area contributed by atoms with Crippen molar-refractivity contribution in [3.05, 3.63) is 0 Å². The molecule has 1 saturated carbocycles. The summed E-state index contributed by atoms with van der Waals surface area (Å²) in [5.74, 6) is 0. The summed E-state index contributed by atoms with van der Waals surface area (Å²) < 4.78 is 0. The first kappa shape index (κ1) is 9.95. The Morgan fingerprint density at radius 1 is 1.57 bits per heavy atom. The predicted molar refractivity (Wildman–Crippen MR) is 55.8 cm³/mol. The van der Waals surface area contributed by atoms with E-state index < -0.39 is 0 Å². The molecule has 1 aliphatic heterocycles. The van der Waals surface area contributed by atoms with Crippen molar-refractivity contribution < 1.29 is 0 Å². The monoisotopic (exact) mass is 193 g/mol. The van der Waals surface area contributed by atoms with E-state index in [1.165, 1.54) is 19.3 Å². The second-order valence-electron chi connectivity index (χ2n) is 4.90. The molecule has 1 N–H and O–H groups in total. The van der Waals surface area contributed by atoms with E-state index in [1.807, 2.05) is 0 Å². The van der Waals surface area contributed by atoms with E-state index in [1.54, 1.807) is 0 Å². The highest BCUT2D eigenvalue weighted by atomic mass is 15.2. The Kier molecular flexibility index (Phi) is 2.76. The minimum absolute atomic E-state index is 0.367. The molecule has 1 saturated heterocycles. The molecule has 1 aliphatic carbocycles. The molecule has 78 valence electrons. The molecular formula is C11H19N3. The lowest BCUT2D eigenvalue weighted by Gasteiger charge is -2.27. The van der Waals surface area contributed by atoms with Crippen LogP contribution in [-0.4, -0.2) is 37.6 Å². The van der Waals surface area contributed by atoms with Crippen molar-refractivity contribution in [1.29, 1.82) is 5.26 Å². The number of hydrogen-bond donors (Lipinski definition) is 1. The maximum atomic E-state index is 8.74. The molecule has 1 heterocycles. The fourth-order valence-electron chi connectivity index (χ4n) is 2.41. The zero-order chi connectivity index (χ0) is 10.0. The SMILES string of the molecule is CN(CC1(CC#N)CC1)C1CCNC1. The predicted octanol–water partition coefficient (Wildman–Crippen LogP) is 0.974. The van der Waals surface area contributed by atoms with Gasteiger partial charge in [-0.3, -0.25) is 0 Å². The van der Waals surface area contributed by atoms with E-state index in [9.17, 15) is 0 Å². The van der Waals surface area contributed by atoms with Gasteiger partial charge in [-0.25, -0.2) is 0 Å². The Hall–Kier alpha value is -0.590. The molecule has 0 spiro atoms. The summed E-state index contributed by atoms with van der Waals surface area (Å²) in [6.45, 7) is 3.40. The second kappa shape index (κ2) is 3.88. The van der Waals surface area contributed by atoms with Crippen LogP contribution >= 0.6 is 0 Å². The molecule has 3 heteroatoms. The topological polar surface area (TPSA) is 39.1 Å². The molecule has 2 fully saturated rings. The van der Waals surface area contributed by atoms with Crippen LogP contribution in [0.1, 0.15) is 25.7 Å².